The molecule has 29 heavy (non-hydrogen) atoms. The Kier molecular flexibility index (Phi) is 5.54. The fourth-order valence-electron chi connectivity index (χ4n) is 3.41. The van der Waals surface area contributed by atoms with Gasteiger partial charge in [0, 0.05) is 51.2 Å². The summed E-state index contributed by atoms with van der Waals surface area (Å²) in [5, 5.41) is 9.47. The molecule has 0 atom stereocenters. The largest absolute Gasteiger partial charge is 0.335 e. The van der Waals surface area contributed by atoms with Gasteiger partial charge in [0.05, 0.1) is 17.2 Å². The third kappa shape index (κ3) is 4.28. The van der Waals surface area contributed by atoms with E-state index in [2.05, 4.69) is 20.1 Å². The topological polar surface area (TPSA) is 89.2 Å². The molecule has 0 aromatic carbocycles. The van der Waals surface area contributed by atoms with Gasteiger partial charge in [-0.25, -0.2) is 14.3 Å². The first-order valence-electron chi connectivity index (χ1n) is 9.55. The number of carbonyl (C=O) groups is 1. The first-order chi connectivity index (χ1) is 14.0. The standard InChI is InChI=1S/C19H23N7O2S/c1-14-18(29-15(2)21-14)19(28)24-11-8-23(9-12-24)10-13-26-17(27)5-4-16(22-26)25-7-3-6-20-25/h3-7H,8-13H2,1-2H3. The molecule has 3 aromatic rings. The number of aryl methyl sites for hydroxylation is 2. The molecule has 4 rings (SSSR count). The number of thiazole rings is 1. The first-order valence-corrected chi connectivity index (χ1v) is 10.4. The lowest BCUT2D eigenvalue weighted by Gasteiger charge is -2.34. The number of hydrogen-bond donors (Lipinski definition) is 0. The van der Waals surface area contributed by atoms with Crippen molar-refractivity contribution in [1.82, 2.24) is 34.3 Å². The van der Waals surface area contributed by atoms with E-state index in [4.69, 9.17) is 0 Å². The SMILES string of the molecule is Cc1nc(C)c(C(=O)N2CCN(CCn3nc(-n4cccn4)ccc3=O)CC2)s1. The predicted octanol–water partition coefficient (Wildman–Crippen LogP) is 0.960. The van der Waals surface area contributed by atoms with Crippen LogP contribution in [0, 0.1) is 13.8 Å². The van der Waals surface area contributed by atoms with Crippen molar-refractivity contribution in [2.45, 2.75) is 20.4 Å². The maximum Gasteiger partial charge on any atom is 0.266 e. The summed E-state index contributed by atoms with van der Waals surface area (Å²) in [6, 6.07) is 4.99. The Bertz CT molecular complexity index is 1050. The van der Waals surface area contributed by atoms with Crippen LogP contribution in [0.15, 0.2) is 35.4 Å². The molecule has 1 amide bonds. The van der Waals surface area contributed by atoms with Crippen LogP contribution in [0.25, 0.3) is 5.82 Å². The number of aromatic nitrogens is 5. The van der Waals surface area contributed by atoms with E-state index in [1.54, 1.807) is 23.1 Å². The molecule has 10 heteroatoms. The van der Waals surface area contributed by atoms with Crippen LogP contribution in [0.4, 0.5) is 0 Å². The molecule has 9 nitrogen and oxygen atoms in total. The summed E-state index contributed by atoms with van der Waals surface area (Å²) in [5.74, 6) is 0.679. The van der Waals surface area contributed by atoms with Crippen molar-refractivity contribution in [3.05, 3.63) is 56.5 Å². The van der Waals surface area contributed by atoms with Gasteiger partial charge in [0.25, 0.3) is 11.5 Å². The second-order valence-corrected chi connectivity index (χ2v) is 8.19. The lowest BCUT2D eigenvalue weighted by molar-refractivity contribution is 0.0635. The van der Waals surface area contributed by atoms with Crippen LogP contribution in [0.2, 0.25) is 0 Å². The molecule has 4 heterocycles. The van der Waals surface area contributed by atoms with Crippen molar-refractivity contribution in [2.24, 2.45) is 0 Å². The van der Waals surface area contributed by atoms with Gasteiger partial charge < -0.3 is 4.90 Å². The number of hydrogen-bond acceptors (Lipinski definition) is 7. The fourth-order valence-corrected chi connectivity index (χ4v) is 4.30. The molecule has 152 valence electrons. The normalized spacial score (nSPS) is 15.0. The molecule has 1 aliphatic heterocycles. The summed E-state index contributed by atoms with van der Waals surface area (Å²) < 4.78 is 3.10. The third-order valence-corrected chi connectivity index (χ3v) is 6.04. The highest BCUT2D eigenvalue weighted by Crippen LogP contribution is 2.20. The molecule has 0 aliphatic carbocycles. The highest BCUT2D eigenvalue weighted by molar-refractivity contribution is 7.13. The molecule has 1 fully saturated rings. The van der Waals surface area contributed by atoms with Crippen LogP contribution in [-0.2, 0) is 6.54 Å². The van der Waals surface area contributed by atoms with E-state index < -0.39 is 0 Å². The van der Waals surface area contributed by atoms with Crippen molar-refractivity contribution < 1.29 is 4.79 Å². The molecular weight excluding hydrogens is 390 g/mol. The van der Waals surface area contributed by atoms with Gasteiger partial charge in [0.2, 0.25) is 0 Å². The van der Waals surface area contributed by atoms with E-state index in [1.165, 1.54) is 22.1 Å². The molecule has 0 unspecified atom stereocenters. The molecular formula is C19H23N7O2S. The Hall–Kier alpha value is -2.85. The van der Waals surface area contributed by atoms with E-state index in [9.17, 15) is 9.59 Å². The smallest absolute Gasteiger partial charge is 0.266 e. The van der Waals surface area contributed by atoms with E-state index in [0.29, 0.717) is 32.0 Å². The van der Waals surface area contributed by atoms with Crippen LogP contribution in [-0.4, -0.2) is 73.0 Å². The first kappa shape index (κ1) is 19.5. The molecule has 0 radical (unpaired) electrons. The van der Waals surface area contributed by atoms with Crippen molar-refractivity contribution in [2.75, 3.05) is 32.7 Å². The minimum Gasteiger partial charge on any atom is -0.335 e. The summed E-state index contributed by atoms with van der Waals surface area (Å²) in [6.45, 7) is 7.89. The molecule has 1 aliphatic rings. The maximum atomic E-state index is 12.7. The highest BCUT2D eigenvalue weighted by atomic mass is 32.1. The Labute approximate surface area is 172 Å². The van der Waals surface area contributed by atoms with Gasteiger partial charge in [-0.2, -0.15) is 5.10 Å². The predicted molar refractivity (Wildman–Crippen MR) is 110 cm³/mol. The number of rotatable bonds is 5. The zero-order valence-electron chi connectivity index (χ0n) is 16.5. The Morgan fingerprint density at radius 2 is 1.93 bits per heavy atom. The molecule has 0 bridgehead atoms. The lowest BCUT2D eigenvalue weighted by Crippen LogP contribution is -2.49. The van der Waals surface area contributed by atoms with E-state index in [0.717, 1.165) is 28.7 Å². The zero-order valence-corrected chi connectivity index (χ0v) is 17.3. The Morgan fingerprint density at radius 1 is 1.14 bits per heavy atom. The number of piperazine rings is 1. The summed E-state index contributed by atoms with van der Waals surface area (Å²) >= 11 is 1.46. The Balaban J connectivity index is 1.34. The quantitative estimate of drug-likeness (QED) is 0.619. The second kappa shape index (κ2) is 8.26. The van der Waals surface area contributed by atoms with Crippen LogP contribution in [0.5, 0.6) is 0 Å². The third-order valence-electron chi connectivity index (χ3n) is 4.98. The van der Waals surface area contributed by atoms with Crippen molar-refractivity contribution in [3.8, 4) is 5.82 Å². The second-order valence-electron chi connectivity index (χ2n) is 6.98. The molecule has 0 N–H and O–H groups in total. The summed E-state index contributed by atoms with van der Waals surface area (Å²) in [5.41, 5.74) is 0.674. The van der Waals surface area contributed by atoms with Crippen LogP contribution >= 0.6 is 11.3 Å². The van der Waals surface area contributed by atoms with Gasteiger partial charge in [0.1, 0.15) is 4.88 Å². The average Bonchev–Trinajstić information content (AvgIpc) is 3.37. The number of carbonyl (C=O) groups excluding carboxylic acids is 1. The van der Waals surface area contributed by atoms with Crippen LogP contribution < -0.4 is 5.56 Å². The average molecular weight is 414 g/mol. The van der Waals surface area contributed by atoms with Crippen molar-refractivity contribution in [3.63, 3.8) is 0 Å². The van der Waals surface area contributed by atoms with Crippen molar-refractivity contribution >= 4 is 17.2 Å². The summed E-state index contributed by atoms with van der Waals surface area (Å²) in [4.78, 5) is 34.1. The highest BCUT2D eigenvalue weighted by Gasteiger charge is 2.25. The van der Waals surface area contributed by atoms with E-state index in [-0.39, 0.29) is 11.5 Å². The Morgan fingerprint density at radius 3 is 2.59 bits per heavy atom. The monoisotopic (exact) mass is 413 g/mol. The molecule has 1 saturated heterocycles. The molecule has 3 aromatic heterocycles. The van der Waals surface area contributed by atoms with Gasteiger partial charge in [-0.1, -0.05) is 0 Å². The number of nitrogens with zero attached hydrogens (tertiary/aromatic N) is 7. The number of amides is 1. The van der Waals surface area contributed by atoms with Crippen LogP contribution in [0.3, 0.4) is 0 Å². The maximum absolute atomic E-state index is 12.7. The summed E-state index contributed by atoms with van der Waals surface area (Å²) in [6.07, 6.45) is 3.46. The van der Waals surface area contributed by atoms with Gasteiger partial charge >= 0.3 is 0 Å². The minimum atomic E-state index is -0.134. The lowest BCUT2D eigenvalue weighted by atomic mass is 10.2. The molecule has 0 spiro atoms. The van der Waals surface area contributed by atoms with Gasteiger partial charge in [-0.15, -0.1) is 16.4 Å². The van der Waals surface area contributed by atoms with E-state index in [1.807, 2.05) is 24.8 Å². The van der Waals surface area contributed by atoms with Crippen LogP contribution in [0.1, 0.15) is 20.4 Å². The zero-order chi connectivity index (χ0) is 20.4. The minimum absolute atomic E-state index is 0.0672. The van der Waals surface area contributed by atoms with Gasteiger partial charge in [-0.05, 0) is 26.0 Å². The van der Waals surface area contributed by atoms with Gasteiger partial charge in [0.15, 0.2) is 5.82 Å². The fraction of sp³-hybridized carbons (Fsp3) is 0.421. The summed E-state index contributed by atoms with van der Waals surface area (Å²) in [7, 11) is 0. The van der Waals surface area contributed by atoms with E-state index >= 15 is 0 Å². The molecule has 0 saturated carbocycles. The van der Waals surface area contributed by atoms with Gasteiger partial charge in [-0.3, -0.25) is 14.5 Å². The van der Waals surface area contributed by atoms with Crippen molar-refractivity contribution in [1.29, 1.82) is 0 Å².